The van der Waals surface area contributed by atoms with Crippen molar-refractivity contribution in [2.45, 2.75) is 6.54 Å². The summed E-state index contributed by atoms with van der Waals surface area (Å²) in [5.74, 6) is -0.247. The molecule has 0 atom stereocenters. The summed E-state index contributed by atoms with van der Waals surface area (Å²) in [6.45, 7) is 0.549. The Balaban J connectivity index is 1.80. The van der Waals surface area contributed by atoms with E-state index in [0.29, 0.717) is 12.2 Å². The topological polar surface area (TPSA) is 37.8 Å². The highest BCUT2D eigenvalue weighted by Crippen LogP contribution is 2.15. The van der Waals surface area contributed by atoms with E-state index in [-0.39, 0.29) is 5.82 Å². The zero-order valence-corrected chi connectivity index (χ0v) is 10.2. The fourth-order valence-corrected chi connectivity index (χ4v) is 1.92. The molecule has 0 unspecified atom stereocenters. The number of hydrogen-bond donors (Lipinski definition) is 1. The molecule has 0 radical (unpaired) electrons. The van der Waals surface area contributed by atoms with Crippen LogP contribution in [0.15, 0.2) is 54.9 Å². The Morgan fingerprint density at radius 2 is 1.74 bits per heavy atom. The lowest BCUT2D eigenvalue weighted by atomic mass is 10.2. The largest absolute Gasteiger partial charge is 0.379 e. The van der Waals surface area contributed by atoms with E-state index in [4.69, 9.17) is 0 Å². The molecule has 3 rings (SSSR count). The van der Waals surface area contributed by atoms with E-state index in [1.54, 1.807) is 30.6 Å². The van der Waals surface area contributed by atoms with E-state index in [1.165, 1.54) is 6.07 Å². The Morgan fingerprint density at radius 3 is 2.58 bits per heavy atom. The Bertz CT molecular complexity index is 712. The third-order valence-electron chi connectivity index (χ3n) is 2.89. The average Bonchev–Trinajstić information content (AvgIpc) is 2.46. The van der Waals surface area contributed by atoms with Crippen LogP contribution < -0.4 is 5.32 Å². The Labute approximate surface area is 110 Å². The van der Waals surface area contributed by atoms with Crippen molar-refractivity contribution in [3.05, 3.63) is 66.2 Å². The van der Waals surface area contributed by atoms with Crippen LogP contribution in [0.4, 0.5) is 10.1 Å². The number of benzene rings is 2. The van der Waals surface area contributed by atoms with Crippen molar-refractivity contribution in [1.82, 2.24) is 9.97 Å². The summed E-state index contributed by atoms with van der Waals surface area (Å²) in [5, 5.41) is 3.07. The number of nitrogens with one attached hydrogen (secondary N) is 1. The minimum absolute atomic E-state index is 0.247. The predicted octanol–water partition coefficient (Wildman–Crippen LogP) is 3.38. The summed E-state index contributed by atoms with van der Waals surface area (Å²) < 4.78 is 13.5. The van der Waals surface area contributed by atoms with Crippen molar-refractivity contribution in [2.75, 3.05) is 5.32 Å². The smallest absolute Gasteiger partial charge is 0.146 e. The van der Waals surface area contributed by atoms with Crippen LogP contribution in [-0.4, -0.2) is 9.97 Å². The maximum absolute atomic E-state index is 13.5. The maximum atomic E-state index is 13.5. The molecule has 2 aromatic carbocycles. The van der Waals surface area contributed by atoms with E-state index >= 15 is 0 Å². The summed E-state index contributed by atoms with van der Waals surface area (Å²) in [6.07, 6.45) is 3.33. The van der Waals surface area contributed by atoms with Gasteiger partial charge >= 0.3 is 0 Å². The molecule has 0 aliphatic rings. The molecule has 1 N–H and O–H groups in total. The molecule has 0 fully saturated rings. The molecule has 3 nitrogen and oxygen atoms in total. The number of fused-ring (bicyclic) bond motifs is 1. The molecule has 0 bridgehead atoms. The predicted molar refractivity (Wildman–Crippen MR) is 73.3 cm³/mol. The molecule has 0 saturated carbocycles. The third kappa shape index (κ3) is 2.52. The van der Waals surface area contributed by atoms with Crippen LogP contribution in [0.5, 0.6) is 0 Å². The van der Waals surface area contributed by atoms with E-state index in [9.17, 15) is 4.39 Å². The van der Waals surface area contributed by atoms with Gasteiger partial charge in [-0.25, -0.2) is 4.39 Å². The van der Waals surface area contributed by atoms with Crippen molar-refractivity contribution in [3.63, 3.8) is 0 Å². The second kappa shape index (κ2) is 5.02. The molecule has 0 aliphatic heterocycles. The number of nitrogens with zero attached hydrogens (tertiary/aromatic N) is 2. The second-order valence-corrected chi connectivity index (χ2v) is 4.21. The van der Waals surface area contributed by atoms with Gasteiger partial charge in [-0.2, -0.15) is 0 Å². The normalized spacial score (nSPS) is 10.6. The zero-order valence-electron chi connectivity index (χ0n) is 10.2. The van der Waals surface area contributed by atoms with Crippen LogP contribution in [0, 0.1) is 5.82 Å². The number of rotatable bonds is 3. The van der Waals surface area contributed by atoms with Gasteiger partial charge in [-0.05, 0) is 29.8 Å². The van der Waals surface area contributed by atoms with Gasteiger partial charge in [0.2, 0.25) is 0 Å². The van der Waals surface area contributed by atoms with Gasteiger partial charge < -0.3 is 5.32 Å². The van der Waals surface area contributed by atoms with Gasteiger partial charge in [0.25, 0.3) is 0 Å². The SMILES string of the molecule is Fc1ccccc1NCc1ccc2nccnc2c1. The zero-order chi connectivity index (χ0) is 13.1. The van der Waals surface area contributed by atoms with Crippen molar-refractivity contribution in [2.24, 2.45) is 0 Å². The van der Waals surface area contributed by atoms with Gasteiger partial charge in [-0.3, -0.25) is 9.97 Å². The van der Waals surface area contributed by atoms with E-state index in [2.05, 4.69) is 15.3 Å². The fourth-order valence-electron chi connectivity index (χ4n) is 1.92. The average molecular weight is 253 g/mol. The Morgan fingerprint density at radius 1 is 0.947 bits per heavy atom. The number of aromatic nitrogens is 2. The molecule has 0 spiro atoms. The summed E-state index contributed by atoms with van der Waals surface area (Å²) in [7, 11) is 0. The van der Waals surface area contributed by atoms with Crippen molar-refractivity contribution in [1.29, 1.82) is 0 Å². The molecule has 3 aromatic rings. The van der Waals surface area contributed by atoms with Crippen molar-refractivity contribution in [3.8, 4) is 0 Å². The maximum Gasteiger partial charge on any atom is 0.146 e. The van der Waals surface area contributed by atoms with Crippen LogP contribution in [-0.2, 0) is 6.54 Å². The number of hydrogen-bond acceptors (Lipinski definition) is 3. The molecule has 0 saturated heterocycles. The van der Waals surface area contributed by atoms with Gasteiger partial charge in [-0.15, -0.1) is 0 Å². The number of halogens is 1. The van der Waals surface area contributed by atoms with E-state index in [0.717, 1.165) is 16.6 Å². The van der Waals surface area contributed by atoms with Gasteiger partial charge in [0.15, 0.2) is 0 Å². The summed E-state index contributed by atoms with van der Waals surface area (Å²) in [6, 6.07) is 12.5. The van der Waals surface area contributed by atoms with Crippen LogP contribution >= 0.6 is 0 Å². The van der Waals surface area contributed by atoms with Gasteiger partial charge in [0.05, 0.1) is 16.7 Å². The quantitative estimate of drug-likeness (QED) is 0.777. The van der Waals surface area contributed by atoms with Crippen molar-refractivity contribution < 1.29 is 4.39 Å². The standard InChI is InChI=1S/C15H12FN3/c16-12-3-1-2-4-13(12)19-10-11-5-6-14-15(9-11)18-8-7-17-14/h1-9,19H,10H2. The van der Waals surface area contributed by atoms with E-state index < -0.39 is 0 Å². The first kappa shape index (κ1) is 11.6. The van der Waals surface area contributed by atoms with Gasteiger partial charge in [-0.1, -0.05) is 18.2 Å². The fraction of sp³-hybridized carbons (Fsp3) is 0.0667. The van der Waals surface area contributed by atoms with Crippen LogP contribution in [0.2, 0.25) is 0 Å². The minimum Gasteiger partial charge on any atom is -0.379 e. The first-order valence-corrected chi connectivity index (χ1v) is 6.01. The highest BCUT2D eigenvalue weighted by molar-refractivity contribution is 5.74. The lowest BCUT2D eigenvalue weighted by molar-refractivity contribution is 0.630. The van der Waals surface area contributed by atoms with Gasteiger partial charge in [0, 0.05) is 18.9 Å². The number of anilines is 1. The molecular weight excluding hydrogens is 241 g/mol. The summed E-state index contributed by atoms with van der Waals surface area (Å²) >= 11 is 0. The monoisotopic (exact) mass is 253 g/mol. The highest BCUT2D eigenvalue weighted by Gasteiger charge is 2.01. The minimum atomic E-state index is -0.247. The molecule has 4 heteroatoms. The highest BCUT2D eigenvalue weighted by atomic mass is 19.1. The molecular formula is C15H12FN3. The molecule has 1 aromatic heterocycles. The molecule has 0 aliphatic carbocycles. The molecule has 94 valence electrons. The van der Waals surface area contributed by atoms with Crippen LogP contribution in [0.25, 0.3) is 11.0 Å². The molecule has 1 heterocycles. The van der Waals surface area contributed by atoms with Gasteiger partial charge in [0.1, 0.15) is 5.82 Å². The van der Waals surface area contributed by atoms with Crippen molar-refractivity contribution >= 4 is 16.7 Å². The molecule has 0 amide bonds. The molecule has 19 heavy (non-hydrogen) atoms. The Kier molecular flexibility index (Phi) is 3.06. The lowest BCUT2D eigenvalue weighted by Gasteiger charge is -2.07. The first-order valence-electron chi connectivity index (χ1n) is 6.01. The third-order valence-corrected chi connectivity index (χ3v) is 2.89. The summed E-state index contributed by atoms with van der Waals surface area (Å²) in [4.78, 5) is 8.46. The summed E-state index contributed by atoms with van der Waals surface area (Å²) in [5.41, 5.74) is 3.24. The van der Waals surface area contributed by atoms with E-state index in [1.807, 2.05) is 18.2 Å². The van der Waals surface area contributed by atoms with Crippen LogP contribution in [0.1, 0.15) is 5.56 Å². The Hall–Kier alpha value is -2.49. The van der Waals surface area contributed by atoms with Crippen LogP contribution in [0.3, 0.4) is 0 Å². The lowest BCUT2D eigenvalue weighted by Crippen LogP contribution is -2.01. The number of para-hydroxylation sites is 1. The first-order chi connectivity index (χ1) is 9.33. The second-order valence-electron chi connectivity index (χ2n) is 4.21.